The molecule has 29 heavy (non-hydrogen) atoms. The fraction of sp³-hybridized carbons (Fsp3) is 0.526. The van der Waals surface area contributed by atoms with E-state index in [0.717, 1.165) is 0 Å². The number of hydrogen-bond acceptors (Lipinski definition) is 6. The van der Waals surface area contributed by atoms with Crippen molar-refractivity contribution in [1.29, 1.82) is 0 Å². The summed E-state index contributed by atoms with van der Waals surface area (Å²) >= 11 is 0. The van der Waals surface area contributed by atoms with Crippen LogP contribution < -0.4 is 10.6 Å². The zero-order valence-electron chi connectivity index (χ0n) is 17.7. The molecular formula is C19H29N3O6S. The first-order valence-corrected chi connectivity index (χ1v) is 10.7. The Balaban J connectivity index is 2.86. The first-order valence-electron chi connectivity index (χ1n) is 9.21. The average Bonchev–Trinajstić information content (AvgIpc) is 2.58. The molecule has 1 rings (SSSR count). The van der Waals surface area contributed by atoms with Crippen LogP contribution in [0.25, 0.3) is 0 Å². The SMILES string of the molecule is CCN(CC)S(=O)(=O)c1cc(C(=O)OCC(=O)NC(=O)NC(C)(C)C)ccc1C. The van der Waals surface area contributed by atoms with E-state index in [-0.39, 0.29) is 10.5 Å². The smallest absolute Gasteiger partial charge is 0.338 e. The summed E-state index contributed by atoms with van der Waals surface area (Å²) in [4.78, 5) is 35.7. The summed E-state index contributed by atoms with van der Waals surface area (Å²) in [6, 6.07) is 3.45. The lowest BCUT2D eigenvalue weighted by atomic mass is 10.1. The number of nitrogens with one attached hydrogen (secondary N) is 2. The van der Waals surface area contributed by atoms with Crippen molar-refractivity contribution in [2.24, 2.45) is 0 Å². The summed E-state index contributed by atoms with van der Waals surface area (Å²) in [6.45, 7) is 10.2. The van der Waals surface area contributed by atoms with E-state index >= 15 is 0 Å². The number of carbonyl (C=O) groups excluding carboxylic acids is 3. The monoisotopic (exact) mass is 427 g/mol. The van der Waals surface area contributed by atoms with Crippen molar-refractivity contribution in [3.63, 3.8) is 0 Å². The minimum absolute atomic E-state index is 0.00431. The Morgan fingerprint density at radius 2 is 1.69 bits per heavy atom. The second-order valence-corrected chi connectivity index (χ2v) is 9.30. The van der Waals surface area contributed by atoms with Crippen LogP contribution in [0.15, 0.2) is 23.1 Å². The zero-order chi connectivity index (χ0) is 22.4. The van der Waals surface area contributed by atoms with E-state index in [0.29, 0.717) is 18.7 Å². The molecule has 0 aromatic heterocycles. The Bertz CT molecular complexity index is 870. The molecule has 0 bridgehead atoms. The Hall–Kier alpha value is -2.46. The highest BCUT2D eigenvalue weighted by atomic mass is 32.2. The molecule has 1 aromatic rings. The van der Waals surface area contributed by atoms with Gasteiger partial charge < -0.3 is 10.1 Å². The van der Waals surface area contributed by atoms with Crippen molar-refractivity contribution >= 4 is 27.9 Å². The summed E-state index contributed by atoms with van der Waals surface area (Å²) in [5.41, 5.74) is -0.0475. The first-order chi connectivity index (χ1) is 13.3. The Labute approximate surface area is 171 Å². The van der Waals surface area contributed by atoms with Gasteiger partial charge in [-0.15, -0.1) is 0 Å². The van der Waals surface area contributed by atoms with Crippen LogP contribution in [0.4, 0.5) is 4.79 Å². The number of esters is 1. The fourth-order valence-corrected chi connectivity index (χ4v) is 4.17. The van der Waals surface area contributed by atoms with Crippen molar-refractivity contribution in [3.8, 4) is 0 Å². The Morgan fingerprint density at radius 1 is 1.10 bits per heavy atom. The van der Waals surface area contributed by atoms with Gasteiger partial charge in [0.1, 0.15) is 0 Å². The number of carbonyl (C=O) groups is 3. The third kappa shape index (κ3) is 7.13. The summed E-state index contributed by atoms with van der Waals surface area (Å²) in [5.74, 6) is -1.67. The van der Waals surface area contributed by atoms with Gasteiger partial charge in [-0.05, 0) is 45.4 Å². The summed E-state index contributed by atoms with van der Waals surface area (Å²) in [6.07, 6.45) is 0. The molecule has 2 N–H and O–H groups in total. The van der Waals surface area contributed by atoms with Gasteiger partial charge in [0.05, 0.1) is 10.5 Å². The molecule has 0 radical (unpaired) electrons. The van der Waals surface area contributed by atoms with Crippen LogP contribution in [0.1, 0.15) is 50.5 Å². The van der Waals surface area contributed by atoms with Crippen LogP contribution in [0, 0.1) is 6.92 Å². The van der Waals surface area contributed by atoms with Crippen molar-refractivity contribution in [1.82, 2.24) is 14.9 Å². The number of imide groups is 1. The van der Waals surface area contributed by atoms with E-state index in [9.17, 15) is 22.8 Å². The standard InChI is InChI=1S/C19H29N3O6S/c1-7-22(8-2)29(26,27)15-11-14(10-9-13(15)3)17(24)28-12-16(23)20-18(25)21-19(4,5)6/h9-11H,7-8,12H2,1-6H3,(H2,20,21,23,25). The summed E-state index contributed by atoms with van der Waals surface area (Å²) < 4.78 is 31.7. The highest BCUT2D eigenvalue weighted by molar-refractivity contribution is 7.89. The number of urea groups is 1. The lowest BCUT2D eigenvalue weighted by Crippen LogP contribution is -2.49. The van der Waals surface area contributed by atoms with Crippen molar-refractivity contribution in [2.75, 3.05) is 19.7 Å². The molecule has 0 saturated carbocycles. The second kappa shape index (κ2) is 9.84. The van der Waals surface area contributed by atoms with Crippen LogP contribution in [-0.4, -0.2) is 55.9 Å². The van der Waals surface area contributed by atoms with E-state index in [1.165, 1.54) is 22.5 Å². The van der Waals surface area contributed by atoms with Crippen LogP contribution in [0.5, 0.6) is 0 Å². The number of amides is 3. The molecule has 0 saturated heterocycles. The number of rotatable bonds is 7. The van der Waals surface area contributed by atoms with Crippen molar-refractivity contribution in [3.05, 3.63) is 29.3 Å². The van der Waals surface area contributed by atoms with E-state index in [2.05, 4.69) is 5.32 Å². The predicted molar refractivity (Wildman–Crippen MR) is 108 cm³/mol. The maximum atomic E-state index is 12.8. The quantitative estimate of drug-likeness (QED) is 0.640. The van der Waals surface area contributed by atoms with E-state index < -0.39 is 40.1 Å². The molecule has 9 nitrogen and oxygen atoms in total. The Morgan fingerprint density at radius 3 is 2.21 bits per heavy atom. The fourth-order valence-electron chi connectivity index (χ4n) is 2.46. The topological polar surface area (TPSA) is 122 Å². The van der Waals surface area contributed by atoms with Gasteiger partial charge in [0.15, 0.2) is 6.61 Å². The molecular weight excluding hydrogens is 398 g/mol. The summed E-state index contributed by atoms with van der Waals surface area (Å²) in [5, 5.41) is 4.59. The molecule has 162 valence electrons. The molecule has 0 aliphatic rings. The number of aryl methyl sites for hydroxylation is 1. The molecule has 0 aliphatic carbocycles. The second-order valence-electron chi connectivity index (χ2n) is 7.40. The minimum atomic E-state index is -3.76. The lowest BCUT2D eigenvalue weighted by molar-refractivity contribution is -0.123. The van der Waals surface area contributed by atoms with Crippen molar-refractivity contribution < 1.29 is 27.5 Å². The molecule has 1 aromatic carbocycles. The minimum Gasteiger partial charge on any atom is -0.452 e. The van der Waals surface area contributed by atoms with Gasteiger partial charge in [0.2, 0.25) is 10.0 Å². The van der Waals surface area contributed by atoms with Gasteiger partial charge in [-0.1, -0.05) is 19.9 Å². The highest BCUT2D eigenvalue weighted by Crippen LogP contribution is 2.21. The number of sulfonamides is 1. The van der Waals surface area contributed by atoms with Crippen LogP contribution in [0.3, 0.4) is 0 Å². The molecule has 0 spiro atoms. The summed E-state index contributed by atoms with van der Waals surface area (Å²) in [7, 11) is -3.76. The number of hydrogen-bond donors (Lipinski definition) is 2. The predicted octanol–water partition coefficient (Wildman–Crippen LogP) is 1.81. The van der Waals surface area contributed by atoms with Gasteiger partial charge in [-0.2, -0.15) is 4.31 Å². The third-order valence-corrected chi connectivity index (χ3v) is 6.01. The molecule has 0 aliphatic heterocycles. The van der Waals surface area contributed by atoms with Crippen LogP contribution in [-0.2, 0) is 19.6 Å². The third-order valence-electron chi connectivity index (χ3n) is 3.82. The van der Waals surface area contributed by atoms with Gasteiger partial charge in [-0.3, -0.25) is 10.1 Å². The Kier molecular flexibility index (Phi) is 8.34. The first kappa shape index (κ1) is 24.6. The number of ether oxygens (including phenoxy) is 1. The normalized spacial score (nSPS) is 11.8. The van der Waals surface area contributed by atoms with E-state index in [1.54, 1.807) is 41.5 Å². The zero-order valence-corrected chi connectivity index (χ0v) is 18.5. The van der Waals surface area contributed by atoms with E-state index in [4.69, 9.17) is 4.74 Å². The number of nitrogens with zero attached hydrogens (tertiary/aromatic N) is 1. The van der Waals surface area contributed by atoms with Crippen molar-refractivity contribution in [2.45, 2.75) is 52.0 Å². The van der Waals surface area contributed by atoms with Crippen LogP contribution >= 0.6 is 0 Å². The van der Waals surface area contributed by atoms with Crippen LogP contribution in [0.2, 0.25) is 0 Å². The van der Waals surface area contributed by atoms with Gasteiger partial charge in [-0.25, -0.2) is 18.0 Å². The molecule has 3 amide bonds. The maximum absolute atomic E-state index is 12.8. The maximum Gasteiger partial charge on any atom is 0.338 e. The molecule has 0 heterocycles. The highest BCUT2D eigenvalue weighted by Gasteiger charge is 2.25. The molecule has 0 atom stereocenters. The molecule has 10 heteroatoms. The number of benzene rings is 1. The average molecular weight is 428 g/mol. The molecule has 0 fully saturated rings. The van der Waals surface area contributed by atoms with E-state index in [1.807, 2.05) is 5.32 Å². The largest absolute Gasteiger partial charge is 0.452 e. The van der Waals surface area contributed by atoms with Gasteiger partial charge in [0.25, 0.3) is 5.91 Å². The lowest BCUT2D eigenvalue weighted by Gasteiger charge is -2.20. The molecule has 0 unspecified atom stereocenters. The van der Waals surface area contributed by atoms with Gasteiger partial charge in [0, 0.05) is 18.6 Å². The van der Waals surface area contributed by atoms with Gasteiger partial charge >= 0.3 is 12.0 Å².